The Morgan fingerprint density at radius 3 is 2.47 bits per heavy atom. The van der Waals surface area contributed by atoms with Crippen LogP contribution in [0, 0.1) is 12.7 Å². The number of aryl methyl sites for hydroxylation is 1. The van der Waals surface area contributed by atoms with Crippen molar-refractivity contribution in [3.8, 4) is 17.3 Å². The topological polar surface area (TPSA) is 64.3 Å². The molecule has 6 nitrogen and oxygen atoms in total. The third-order valence-electron chi connectivity index (χ3n) is 4.34. The summed E-state index contributed by atoms with van der Waals surface area (Å²) >= 11 is 18.0. The third kappa shape index (κ3) is 4.85. The minimum absolute atomic E-state index is 0.0992. The van der Waals surface area contributed by atoms with Gasteiger partial charge in [-0.05, 0) is 49.4 Å². The minimum Gasteiger partial charge on any atom is -0.438 e. The van der Waals surface area contributed by atoms with E-state index in [1.165, 1.54) is 36.5 Å². The van der Waals surface area contributed by atoms with Crippen LogP contribution in [0.4, 0.5) is 10.2 Å². The third-order valence-corrected chi connectivity index (χ3v) is 5.30. The van der Waals surface area contributed by atoms with Crippen molar-refractivity contribution in [3.05, 3.63) is 92.9 Å². The first kappa shape index (κ1) is 22.1. The van der Waals surface area contributed by atoms with Gasteiger partial charge in [0.25, 0.3) is 0 Å². The van der Waals surface area contributed by atoms with E-state index in [0.717, 1.165) is 5.69 Å². The van der Waals surface area contributed by atoms with Crippen molar-refractivity contribution in [2.45, 2.75) is 6.92 Å². The number of halogens is 4. The molecule has 0 saturated heterocycles. The predicted octanol–water partition coefficient (Wildman–Crippen LogP) is 6.91. The molecule has 2 aromatic carbocycles. The number of nitrogens with one attached hydrogen (secondary N) is 1. The van der Waals surface area contributed by atoms with Gasteiger partial charge in [-0.2, -0.15) is 14.9 Å². The van der Waals surface area contributed by atoms with Crippen LogP contribution in [0.25, 0.3) is 5.69 Å². The molecule has 10 heteroatoms. The lowest BCUT2D eigenvalue weighted by atomic mass is 10.2. The number of nitrogens with zero attached hydrogens (tertiary/aromatic N) is 4. The molecule has 0 fully saturated rings. The number of benzene rings is 2. The smallest absolute Gasteiger partial charge is 0.231 e. The first-order valence-corrected chi connectivity index (χ1v) is 10.4. The summed E-state index contributed by atoms with van der Waals surface area (Å²) < 4.78 is 21.0. The summed E-state index contributed by atoms with van der Waals surface area (Å²) in [5.41, 5.74) is 4.79. The Kier molecular flexibility index (Phi) is 6.60. The first-order valence-electron chi connectivity index (χ1n) is 9.31. The summed E-state index contributed by atoms with van der Waals surface area (Å²) in [6.07, 6.45) is 1.53. The lowest BCUT2D eigenvalue weighted by Crippen LogP contribution is -2.01. The van der Waals surface area contributed by atoms with E-state index in [2.05, 4.69) is 20.6 Å². The van der Waals surface area contributed by atoms with E-state index in [1.807, 2.05) is 37.3 Å². The molecular formula is C22H15Cl3FN5O. The number of hydrogen-bond donors (Lipinski definition) is 1. The number of rotatable bonds is 6. The van der Waals surface area contributed by atoms with Crippen molar-refractivity contribution in [3.63, 3.8) is 0 Å². The van der Waals surface area contributed by atoms with Gasteiger partial charge in [0.05, 0.1) is 33.2 Å². The number of para-hydroxylation sites is 1. The van der Waals surface area contributed by atoms with Gasteiger partial charge in [-0.25, -0.2) is 9.37 Å². The fourth-order valence-electron chi connectivity index (χ4n) is 2.80. The Bertz CT molecular complexity index is 1280. The van der Waals surface area contributed by atoms with Gasteiger partial charge in [0.1, 0.15) is 16.7 Å². The molecule has 0 aliphatic carbocycles. The molecule has 0 atom stereocenters. The average molecular weight is 491 g/mol. The minimum atomic E-state index is -0.359. The number of aromatic nitrogens is 3. The highest BCUT2D eigenvalue weighted by Gasteiger charge is 2.18. The summed E-state index contributed by atoms with van der Waals surface area (Å²) in [5.74, 6) is 0.729. The van der Waals surface area contributed by atoms with Gasteiger partial charge in [0.2, 0.25) is 5.88 Å². The summed E-state index contributed by atoms with van der Waals surface area (Å²) in [7, 11) is 0. The van der Waals surface area contributed by atoms with Crippen molar-refractivity contribution >= 4 is 46.8 Å². The maximum atomic E-state index is 13.3. The van der Waals surface area contributed by atoms with Gasteiger partial charge in [0.15, 0.2) is 5.82 Å². The van der Waals surface area contributed by atoms with E-state index in [0.29, 0.717) is 22.9 Å². The maximum absolute atomic E-state index is 13.3. The summed E-state index contributed by atoms with van der Waals surface area (Å²) in [4.78, 5) is 4.07. The van der Waals surface area contributed by atoms with Gasteiger partial charge in [0, 0.05) is 0 Å². The summed E-state index contributed by atoms with van der Waals surface area (Å²) in [6.45, 7) is 1.82. The number of hydrazone groups is 1. The van der Waals surface area contributed by atoms with E-state index in [9.17, 15) is 4.39 Å². The lowest BCUT2D eigenvalue weighted by molar-refractivity contribution is 0.442. The van der Waals surface area contributed by atoms with Gasteiger partial charge in [-0.3, -0.25) is 5.43 Å². The first-order chi connectivity index (χ1) is 15.4. The average Bonchev–Trinajstić information content (AvgIpc) is 3.09. The van der Waals surface area contributed by atoms with Crippen LogP contribution in [0.5, 0.6) is 11.6 Å². The Balaban J connectivity index is 1.71. The van der Waals surface area contributed by atoms with Gasteiger partial charge < -0.3 is 4.74 Å². The van der Waals surface area contributed by atoms with Crippen LogP contribution in [0.3, 0.4) is 0 Å². The Labute approximate surface area is 198 Å². The van der Waals surface area contributed by atoms with E-state index < -0.39 is 0 Å². The van der Waals surface area contributed by atoms with Crippen LogP contribution < -0.4 is 10.2 Å². The van der Waals surface area contributed by atoms with Crippen molar-refractivity contribution in [1.29, 1.82) is 0 Å². The number of anilines is 1. The maximum Gasteiger partial charge on any atom is 0.231 e. The van der Waals surface area contributed by atoms with E-state index in [-0.39, 0.29) is 26.8 Å². The fourth-order valence-corrected chi connectivity index (χ4v) is 3.34. The molecule has 1 N–H and O–H groups in total. The van der Waals surface area contributed by atoms with Crippen LogP contribution in [0.1, 0.15) is 11.3 Å². The highest BCUT2D eigenvalue weighted by Crippen LogP contribution is 2.31. The second-order valence-electron chi connectivity index (χ2n) is 6.57. The summed E-state index contributed by atoms with van der Waals surface area (Å²) in [6, 6.07) is 16.6. The Morgan fingerprint density at radius 1 is 1.03 bits per heavy atom. The quantitative estimate of drug-likeness (QED) is 0.181. The monoisotopic (exact) mass is 489 g/mol. The number of ether oxygens (including phenoxy) is 1. The zero-order valence-electron chi connectivity index (χ0n) is 16.6. The molecule has 4 aromatic rings. The van der Waals surface area contributed by atoms with Crippen molar-refractivity contribution < 1.29 is 9.13 Å². The molecule has 0 aliphatic rings. The molecule has 4 rings (SSSR count). The molecule has 2 aromatic heterocycles. The molecule has 0 unspecified atom stereocenters. The van der Waals surface area contributed by atoms with Gasteiger partial charge >= 0.3 is 0 Å². The molecule has 0 radical (unpaired) electrons. The van der Waals surface area contributed by atoms with Crippen molar-refractivity contribution in [2.75, 3.05) is 5.43 Å². The molecule has 162 valence electrons. The second-order valence-corrected chi connectivity index (χ2v) is 7.74. The SMILES string of the molecule is Cc1nn(-c2ccccc2)c(Oc2ccc(F)cc2)c1C=NNc1nc(Cl)c(Cl)cc1Cl. The second kappa shape index (κ2) is 9.56. The Hall–Kier alpha value is -3.13. The molecule has 0 bridgehead atoms. The largest absolute Gasteiger partial charge is 0.438 e. The molecule has 0 saturated carbocycles. The highest BCUT2D eigenvalue weighted by atomic mass is 35.5. The molecule has 0 amide bonds. The van der Waals surface area contributed by atoms with Crippen molar-refractivity contribution in [1.82, 2.24) is 14.8 Å². The standard InChI is InChI=1S/C22H15Cl3FN5O/c1-13-17(12-27-29-21-19(24)11-18(23)20(25)28-21)22(32-16-9-7-14(26)8-10-16)31(30-13)15-5-3-2-4-6-15/h2-12H,1H3,(H,28,29). The highest BCUT2D eigenvalue weighted by molar-refractivity contribution is 6.42. The molecular weight excluding hydrogens is 476 g/mol. The lowest BCUT2D eigenvalue weighted by Gasteiger charge is -2.10. The molecule has 2 heterocycles. The van der Waals surface area contributed by atoms with E-state index in [1.54, 1.807) is 4.68 Å². The normalized spacial score (nSPS) is 11.2. The van der Waals surface area contributed by atoms with Gasteiger partial charge in [-0.1, -0.05) is 53.0 Å². The van der Waals surface area contributed by atoms with Crippen LogP contribution in [0.2, 0.25) is 15.2 Å². The molecule has 32 heavy (non-hydrogen) atoms. The van der Waals surface area contributed by atoms with Crippen LogP contribution >= 0.6 is 34.8 Å². The predicted molar refractivity (Wildman–Crippen MR) is 125 cm³/mol. The number of hydrogen-bond acceptors (Lipinski definition) is 5. The van der Waals surface area contributed by atoms with Gasteiger partial charge in [-0.15, -0.1) is 0 Å². The van der Waals surface area contributed by atoms with Crippen LogP contribution in [-0.4, -0.2) is 21.0 Å². The van der Waals surface area contributed by atoms with Crippen LogP contribution in [-0.2, 0) is 0 Å². The zero-order valence-corrected chi connectivity index (χ0v) is 18.8. The molecule has 0 aliphatic heterocycles. The number of pyridine rings is 1. The Morgan fingerprint density at radius 2 is 1.75 bits per heavy atom. The molecule has 0 spiro atoms. The summed E-state index contributed by atoms with van der Waals surface area (Å²) in [5, 5.41) is 9.39. The fraction of sp³-hybridized carbons (Fsp3) is 0.0455. The zero-order chi connectivity index (χ0) is 22.7. The van der Waals surface area contributed by atoms with E-state index in [4.69, 9.17) is 39.5 Å². The van der Waals surface area contributed by atoms with E-state index >= 15 is 0 Å². The van der Waals surface area contributed by atoms with Crippen molar-refractivity contribution in [2.24, 2.45) is 5.10 Å². The van der Waals surface area contributed by atoms with Crippen LogP contribution in [0.15, 0.2) is 65.8 Å².